The first-order valence-electron chi connectivity index (χ1n) is 7.39. The van der Waals surface area contributed by atoms with Crippen LogP contribution < -0.4 is 10.6 Å². The first-order chi connectivity index (χ1) is 10.4. The van der Waals surface area contributed by atoms with Gasteiger partial charge in [0.2, 0.25) is 5.91 Å². The molecule has 5 heteroatoms. The van der Waals surface area contributed by atoms with E-state index in [-0.39, 0.29) is 17.7 Å². The van der Waals surface area contributed by atoms with Gasteiger partial charge in [-0.25, -0.2) is 0 Å². The monoisotopic (exact) mass is 304 g/mol. The van der Waals surface area contributed by atoms with Gasteiger partial charge >= 0.3 is 0 Å². The van der Waals surface area contributed by atoms with E-state index >= 15 is 0 Å². The lowest BCUT2D eigenvalue weighted by atomic mass is 10.0. The molecule has 0 aliphatic rings. The number of aliphatic hydroxyl groups excluding tert-OH is 1. The molecule has 1 aromatic rings. The molecule has 2 amide bonds. The largest absolute Gasteiger partial charge is 0.393 e. The van der Waals surface area contributed by atoms with Crippen LogP contribution in [0.2, 0.25) is 0 Å². The van der Waals surface area contributed by atoms with Crippen molar-refractivity contribution in [1.82, 2.24) is 10.6 Å². The highest BCUT2D eigenvalue weighted by atomic mass is 16.3. The quantitative estimate of drug-likeness (QED) is 0.639. The lowest BCUT2D eigenvalue weighted by molar-refractivity contribution is -0.116. The van der Waals surface area contributed by atoms with Crippen molar-refractivity contribution in [2.24, 2.45) is 5.92 Å². The molecule has 0 bridgehead atoms. The fourth-order valence-corrected chi connectivity index (χ4v) is 1.80. The predicted molar refractivity (Wildman–Crippen MR) is 86.3 cm³/mol. The summed E-state index contributed by atoms with van der Waals surface area (Å²) in [6, 6.07) is 7.01. The molecular formula is C17H24N2O3. The second-order valence-corrected chi connectivity index (χ2v) is 5.47. The van der Waals surface area contributed by atoms with Crippen LogP contribution in [0.5, 0.6) is 0 Å². The zero-order valence-corrected chi connectivity index (χ0v) is 13.1. The van der Waals surface area contributed by atoms with Crippen molar-refractivity contribution in [2.75, 3.05) is 6.54 Å². The van der Waals surface area contributed by atoms with E-state index in [0.29, 0.717) is 25.1 Å². The number of nitrogens with one attached hydrogen (secondary N) is 2. The van der Waals surface area contributed by atoms with Crippen molar-refractivity contribution in [1.29, 1.82) is 0 Å². The fourth-order valence-electron chi connectivity index (χ4n) is 1.80. The first kappa shape index (κ1) is 17.9. The Morgan fingerprint density at radius 2 is 1.86 bits per heavy atom. The number of benzene rings is 1. The van der Waals surface area contributed by atoms with Gasteiger partial charge in [0.1, 0.15) is 0 Å². The maximum absolute atomic E-state index is 11.9. The van der Waals surface area contributed by atoms with Crippen molar-refractivity contribution >= 4 is 11.8 Å². The van der Waals surface area contributed by atoms with Gasteiger partial charge in [-0.05, 0) is 36.1 Å². The predicted octanol–water partition coefficient (Wildman–Crippen LogP) is 1.63. The zero-order valence-electron chi connectivity index (χ0n) is 13.1. The number of amides is 2. The van der Waals surface area contributed by atoms with Crippen molar-refractivity contribution in [3.8, 4) is 0 Å². The normalized spacial score (nSPS) is 11.8. The van der Waals surface area contributed by atoms with Gasteiger partial charge in [-0.3, -0.25) is 9.59 Å². The third-order valence-electron chi connectivity index (χ3n) is 3.36. The molecule has 3 N–H and O–H groups in total. The second kappa shape index (κ2) is 9.00. The summed E-state index contributed by atoms with van der Waals surface area (Å²) in [4.78, 5) is 23.0. The molecule has 0 heterocycles. The van der Waals surface area contributed by atoms with E-state index in [1.54, 1.807) is 24.3 Å². The molecule has 120 valence electrons. The summed E-state index contributed by atoms with van der Waals surface area (Å²) in [5.41, 5.74) is 1.46. The Kier molecular flexibility index (Phi) is 7.32. The van der Waals surface area contributed by atoms with Crippen LogP contribution in [0.3, 0.4) is 0 Å². The van der Waals surface area contributed by atoms with Crippen LogP contribution >= 0.6 is 0 Å². The molecule has 0 saturated carbocycles. The molecule has 1 atom stereocenters. The average molecular weight is 304 g/mol. The molecule has 1 rings (SSSR count). The Labute approximate surface area is 131 Å². The topological polar surface area (TPSA) is 78.4 Å². The zero-order chi connectivity index (χ0) is 16.5. The Bertz CT molecular complexity index is 509. The molecule has 0 spiro atoms. The van der Waals surface area contributed by atoms with Gasteiger partial charge < -0.3 is 15.7 Å². The standard InChI is InChI=1S/C17H24N2O3/c1-4-16(21)19-11-13-5-7-14(8-6-13)17(22)18-10-9-15(20)12(2)3/h4-8,12,15,20H,1,9-11H2,2-3H3,(H,18,22)(H,19,21). The van der Waals surface area contributed by atoms with Gasteiger partial charge in [0.25, 0.3) is 5.91 Å². The van der Waals surface area contributed by atoms with E-state index in [9.17, 15) is 14.7 Å². The minimum atomic E-state index is -0.406. The summed E-state index contributed by atoms with van der Waals surface area (Å²) in [6.45, 7) is 8.10. The summed E-state index contributed by atoms with van der Waals surface area (Å²) >= 11 is 0. The van der Waals surface area contributed by atoms with Gasteiger partial charge in [0, 0.05) is 18.7 Å². The Hall–Kier alpha value is -2.14. The Balaban J connectivity index is 2.43. The number of carbonyl (C=O) groups is 2. The minimum Gasteiger partial charge on any atom is -0.393 e. The van der Waals surface area contributed by atoms with Crippen molar-refractivity contribution in [2.45, 2.75) is 32.9 Å². The SMILES string of the molecule is C=CC(=O)NCc1ccc(C(=O)NCCC(O)C(C)C)cc1. The van der Waals surface area contributed by atoms with Crippen LogP contribution in [0.1, 0.15) is 36.2 Å². The molecule has 0 fully saturated rings. The summed E-state index contributed by atoms with van der Waals surface area (Å²) < 4.78 is 0. The molecule has 5 nitrogen and oxygen atoms in total. The molecule has 0 radical (unpaired) electrons. The molecule has 1 unspecified atom stereocenters. The lowest BCUT2D eigenvalue weighted by Crippen LogP contribution is -2.28. The van der Waals surface area contributed by atoms with Crippen LogP contribution in [-0.2, 0) is 11.3 Å². The van der Waals surface area contributed by atoms with Crippen LogP contribution in [0.25, 0.3) is 0 Å². The van der Waals surface area contributed by atoms with Crippen molar-refractivity contribution in [3.63, 3.8) is 0 Å². The van der Waals surface area contributed by atoms with Crippen LogP contribution in [0.15, 0.2) is 36.9 Å². The van der Waals surface area contributed by atoms with Gasteiger partial charge in [0.15, 0.2) is 0 Å². The summed E-state index contributed by atoms with van der Waals surface area (Å²) in [5.74, 6) is -0.217. The molecular weight excluding hydrogens is 280 g/mol. The first-order valence-corrected chi connectivity index (χ1v) is 7.39. The Morgan fingerprint density at radius 3 is 2.41 bits per heavy atom. The lowest BCUT2D eigenvalue weighted by Gasteiger charge is -2.14. The summed E-state index contributed by atoms with van der Waals surface area (Å²) in [6.07, 6.45) is 1.35. The van der Waals surface area contributed by atoms with E-state index in [4.69, 9.17) is 0 Å². The van der Waals surface area contributed by atoms with E-state index < -0.39 is 6.10 Å². The highest BCUT2D eigenvalue weighted by Crippen LogP contribution is 2.06. The van der Waals surface area contributed by atoms with E-state index in [2.05, 4.69) is 17.2 Å². The molecule has 0 aliphatic carbocycles. The molecule has 0 aromatic heterocycles. The van der Waals surface area contributed by atoms with Gasteiger partial charge in [-0.1, -0.05) is 32.6 Å². The summed E-state index contributed by atoms with van der Waals surface area (Å²) in [7, 11) is 0. The third-order valence-corrected chi connectivity index (χ3v) is 3.36. The molecule has 0 aliphatic heterocycles. The molecule has 1 aromatic carbocycles. The summed E-state index contributed by atoms with van der Waals surface area (Å²) in [5, 5.41) is 15.1. The smallest absolute Gasteiger partial charge is 0.251 e. The number of hydrogen-bond acceptors (Lipinski definition) is 3. The number of rotatable bonds is 8. The van der Waals surface area contributed by atoms with E-state index in [1.165, 1.54) is 6.08 Å². The number of carbonyl (C=O) groups excluding carboxylic acids is 2. The van der Waals surface area contributed by atoms with Gasteiger partial charge in [0.05, 0.1) is 6.10 Å². The van der Waals surface area contributed by atoms with Crippen molar-refractivity contribution in [3.05, 3.63) is 48.0 Å². The molecule has 22 heavy (non-hydrogen) atoms. The Morgan fingerprint density at radius 1 is 1.23 bits per heavy atom. The highest BCUT2D eigenvalue weighted by Gasteiger charge is 2.10. The van der Waals surface area contributed by atoms with Crippen LogP contribution in [-0.4, -0.2) is 29.6 Å². The minimum absolute atomic E-state index is 0.169. The van der Waals surface area contributed by atoms with E-state index in [1.807, 2.05) is 13.8 Å². The van der Waals surface area contributed by atoms with Crippen LogP contribution in [0, 0.1) is 5.92 Å². The van der Waals surface area contributed by atoms with Gasteiger partial charge in [-0.2, -0.15) is 0 Å². The average Bonchev–Trinajstić information content (AvgIpc) is 2.52. The fraction of sp³-hybridized carbons (Fsp3) is 0.412. The highest BCUT2D eigenvalue weighted by molar-refractivity contribution is 5.94. The number of aliphatic hydroxyl groups is 1. The number of hydrogen-bond donors (Lipinski definition) is 3. The second-order valence-electron chi connectivity index (χ2n) is 5.47. The van der Waals surface area contributed by atoms with Gasteiger partial charge in [-0.15, -0.1) is 0 Å². The van der Waals surface area contributed by atoms with Crippen molar-refractivity contribution < 1.29 is 14.7 Å². The third kappa shape index (κ3) is 6.10. The van der Waals surface area contributed by atoms with E-state index in [0.717, 1.165) is 5.56 Å². The maximum Gasteiger partial charge on any atom is 0.251 e. The van der Waals surface area contributed by atoms with Crippen LogP contribution in [0.4, 0.5) is 0 Å². The maximum atomic E-state index is 11.9. The molecule has 0 saturated heterocycles.